The summed E-state index contributed by atoms with van der Waals surface area (Å²) in [6, 6.07) is 10.7. The number of aromatic nitrogens is 2. The van der Waals surface area contributed by atoms with Gasteiger partial charge in [0.15, 0.2) is 0 Å². The van der Waals surface area contributed by atoms with Crippen LogP contribution in [-0.2, 0) is 19.6 Å². The van der Waals surface area contributed by atoms with Crippen LogP contribution in [0, 0.1) is 0 Å². The zero-order chi connectivity index (χ0) is 15.8. The molecule has 0 bridgehead atoms. The van der Waals surface area contributed by atoms with E-state index < -0.39 is 6.10 Å². The number of nitrogens with zero attached hydrogens (tertiary/aromatic N) is 3. The van der Waals surface area contributed by atoms with E-state index in [0.717, 1.165) is 38.3 Å². The van der Waals surface area contributed by atoms with Gasteiger partial charge in [0, 0.05) is 30.9 Å². The van der Waals surface area contributed by atoms with Crippen LogP contribution in [0.1, 0.15) is 36.4 Å². The largest absolute Gasteiger partial charge is 0.387 e. The highest BCUT2D eigenvalue weighted by molar-refractivity contribution is 7.17. The molecule has 1 unspecified atom stereocenters. The molecule has 4 nitrogen and oxygen atoms in total. The first-order valence-electron chi connectivity index (χ1n) is 8.13. The Balaban J connectivity index is 1.57. The Kier molecular flexibility index (Phi) is 3.93. The predicted octanol–water partition coefficient (Wildman–Crippen LogP) is 3.56. The van der Waals surface area contributed by atoms with Gasteiger partial charge in [-0.2, -0.15) is 5.10 Å². The topological polar surface area (TPSA) is 41.3 Å². The number of hydrogen-bond donors (Lipinski definition) is 1. The first-order valence-corrected chi connectivity index (χ1v) is 9.01. The molecular formula is C18H21N3OS. The normalized spacial score (nSPS) is 17.1. The second-order valence-corrected chi connectivity index (χ2v) is 7.19. The maximum absolute atomic E-state index is 9.75. The molecule has 0 saturated carbocycles. The molecule has 0 aliphatic carbocycles. The van der Waals surface area contributed by atoms with E-state index in [1.54, 1.807) is 6.92 Å². The smallest absolute Gasteiger partial charge is 0.0950 e. The number of rotatable bonds is 3. The van der Waals surface area contributed by atoms with Gasteiger partial charge in [0.25, 0.3) is 0 Å². The highest BCUT2D eigenvalue weighted by Gasteiger charge is 2.19. The van der Waals surface area contributed by atoms with Gasteiger partial charge in [0.1, 0.15) is 0 Å². The average molecular weight is 327 g/mol. The third kappa shape index (κ3) is 2.92. The third-order valence-corrected chi connectivity index (χ3v) is 5.51. The lowest BCUT2D eigenvalue weighted by molar-refractivity contribution is 0.193. The molecule has 3 aromatic rings. The summed E-state index contributed by atoms with van der Waals surface area (Å²) in [4.78, 5) is 2.49. The summed E-state index contributed by atoms with van der Waals surface area (Å²) in [5.41, 5.74) is 3.40. The molecule has 0 radical (unpaired) electrons. The zero-order valence-corrected chi connectivity index (χ0v) is 14.1. The quantitative estimate of drug-likeness (QED) is 0.800. The number of fused-ring (bicyclic) bond motifs is 2. The van der Waals surface area contributed by atoms with E-state index in [9.17, 15) is 5.11 Å². The van der Waals surface area contributed by atoms with Gasteiger partial charge in [-0.25, -0.2) is 0 Å². The van der Waals surface area contributed by atoms with Crippen LogP contribution < -0.4 is 0 Å². The number of thiophene rings is 1. The van der Waals surface area contributed by atoms with Crippen LogP contribution in [0.3, 0.4) is 0 Å². The van der Waals surface area contributed by atoms with Gasteiger partial charge < -0.3 is 5.11 Å². The Labute approximate surface area is 140 Å². The van der Waals surface area contributed by atoms with Crippen LogP contribution >= 0.6 is 11.3 Å². The van der Waals surface area contributed by atoms with Crippen LogP contribution in [0.5, 0.6) is 0 Å². The van der Waals surface area contributed by atoms with Crippen molar-refractivity contribution in [3.05, 3.63) is 52.7 Å². The predicted molar refractivity (Wildman–Crippen MR) is 93.4 cm³/mol. The number of aliphatic hydroxyl groups is 1. The summed E-state index contributed by atoms with van der Waals surface area (Å²) in [6.45, 7) is 5.65. The van der Waals surface area contributed by atoms with Crippen molar-refractivity contribution in [1.82, 2.24) is 14.7 Å². The highest BCUT2D eigenvalue weighted by atomic mass is 32.1. The third-order valence-electron chi connectivity index (χ3n) is 4.50. The lowest BCUT2D eigenvalue weighted by atomic mass is 10.1. The van der Waals surface area contributed by atoms with Crippen LogP contribution in [0.15, 0.2) is 35.7 Å². The van der Waals surface area contributed by atoms with E-state index in [-0.39, 0.29) is 0 Å². The monoisotopic (exact) mass is 327 g/mol. The highest BCUT2D eigenvalue weighted by Crippen LogP contribution is 2.28. The van der Waals surface area contributed by atoms with E-state index in [1.165, 1.54) is 21.3 Å². The minimum absolute atomic E-state index is 0.497. The standard InChI is InChI=1S/C18H21N3OS/c1-13(22)17-9-15-11-20(7-4-8-21(15)19-17)10-14-12-23-18-6-3-2-5-16(14)18/h2-3,5-6,9,12-13,22H,4,7-8,10-11H2,1H3. The number of aliphatic hydroxyl groups excluding tert-OH is 1. The van der Waals surface area contributed by atoms with E-state index in [4.69, 9.17) is 0 Å². The molecule has 0 amide bonds. The van der Waals surface area contributed by atoms with E-state index in [0.29, 0.717) is 0 Å². The fourth-order valence-corrected chi connectivity index (χ4v) is 4.24. The fourth-order valence-electron chi connectivity index (χ4n) is 3.29. The molecule has 0 saturated heterocycles. The minimum atomic E-state index is -0.497. The molecule has 5 heteroatoms. The second kappa shape index (κ2) is 6.07. The van der Waals surface area contributed by atoms with Gasteiger partial charge in [0.05, 0.1) is 17.5 Å². The fraction of sp³-hybridized carbons (Fsp3) is 0.389. The van der Waals surface area contributed by atoms with Gasteiger partial charge in [0.2, 0.25) is 0 Å². The van der Waals surface area contributed by atoms with Crippen molar-refractivity contribution >= 4 is 21.4 Å². The molecule has 2 aromatic heterocycles. The molecule has 1 aliphatic heterocycles. The molecule has 1 N–H and O–H groups in total. The second-order valence-electron chi connectivity index (χ2n) is 6.28. The van der Waals surface area contributed by atoms with Crippen LogP contribution in [0.2, 0.25) is 0 Å². The molecular weight excluding hydrogens is 306 g/mol. The van der Waals surface area contributed by atoms with Crippen molar-refractivity contribution in [2.45, 2.75) is 39.1 Å². The Morgan fingerprint density at radius 2 is 2.17 bits per heavy atom. The molecule has 4 rings (SSSR count). The summed E-state index contributed by atoms with van der Waals surface area (Å²) in [6.07, 6.45) is 0.597. The molecule has 1 aromatic carbocycles. The molecule has 120 valence electrons. The average Bonchev–Trinajstić information content (AvgIpc) is 3.08. The first kappa shape index (κ1) is 14.9. The van der Waals surface area contributed by atoms with Crippen molar-refractivity contribution in [2.24, 2.45) is 0 Å². The summed E-state index contributed by atoms with van der Waals surface area (Å²) >= 11 is 1.82. The van der Waals surface area contributed by atoms with Crippen LogP contribution in [0.25, 0.3) is 10.1 Å². The Morgan fingerprint density at radius 1 is 1.30 bits per heavy atom. The zero-order valence-electron chi connectivity index (χ0n) is 13.3. The Hall–Kier alpha value is -1.69. The molecule has 3 heterocycles. The van der Waals surface area contributed by atoms with Gasteiger partial charge in [-0.3, -0.25) is 9.58 Å². The molecule has 1 atom stereocenters. The van der Waals surface area contributed by atoms with Gasteiger partial charge in [-0.05, 0) is 41.8 Å². The van der Waals surface area contributed by atoms with Crippen molar-refractivity contribution in [1.29, 1.82) is 0 Å². The molecule has 1 aliphatic rings. The van der Waals surface area contributed by atoms with E-state index in [2.05, 4.69) is 50.4 Å². The van der Waals surface area contributed by atoms with Crippen LogP contribution in [-0.4, -0.2) is 26.3 Å². The Bertz CT molecular complexity index is 821. The number of benzene rings is 1. The van der Waals surface area contributed by atoms with E-state index >= 15 is 0 Å². The number of hydrogen-bond acceptors (Lipinski definition) is 4. The lowest BCUT2D eigenvalue weighted by Crippen LogP contribution is -2.22. The minimum Gasteiger partial charge on any atom is -0.387 e. The van der Waals surface area contributed by atoms with Crippen molar-refractivity contribution in [2.75, 3.05) is 6.54 Å². The first-order chi connectivity index (χ1) is 11.2. The summed E-state index contributed by atoms with van der Waals surface area (Å²) < 4.78 is 3.42. The maximum atomic E-state index is 9.75. The lowest BCUT2D eigenvalue weighted by Gasteiger charge is -2.19. The molecule has 0 fully saturated rings. The summed E-state index contributed by atoms with van der Waals surface area (Å²) in [5.74, 6) is 0. The van der Waals surface area contributed by atoms with Crippen molar-refractivity contribution in [3.63, 3.8) is 0 Å². The van der Waals surface area contributed by atoms with Gasteiger partial charge in [-0.15, -0.1) is 11.3 Å². The van der Waals surface area contributed by atoms with Gasteiger partial charge >= 0.3 is 0 Å². The SMILES string of the molecule is CC(O)c1cc2n(n1)CCCN(Cc1csc3ccccc13)C2. The maximum Gasteiger partial charge on any atom is 0.0950 e. The van der Waals surface area contributed by atoms with Crippen molar-refractivity contribution < 1.29 is 5.11 Å². The molecule has 0 spiro atoms. The molecule has 23 heavy (non-hydrogen) atoms. The Morgan fingerprint density at radius 3 is 3.04 bits per heavy atom. The summed E-state index contributed by atoms with van der Waals surface area (Å²) in [5, 5.41) is 17.9. The van der Waals surface area contributed by atoms with Gasteiger partial charge in [-0.1, -0.05) is 18.2 Å². The number of aryl methyl sites for hydroxylation is 1. The van der Waals surface area contributed by atoms with Crippen molar-refractivity contribution in [3.8, 4) is 0 Å². The summed E-state index contributed by atoms with van der Waals surface area (Å²) in [7, 11) is 0. The van der Waals surface area contributed by atoms with Crippen LogP contribution in [0.4, 0.5) is 0 Å². The van der Waals surface area contributed by atoms with E-state index in [1.807, 2.05) is 11.3 Å².